The highest BCUT2D eigenvalue weighted by Crippen LogP contribution is 2.33. The molecule has 1 atom stereocenters. The van der Waals surface area contributed by atoms with E-state index in [9.17, 15) is 9.90 Å². The van der Waals surface area contributed by atoms with Crippen LogP contribution in [0, 0.1) is 5.92 Å². The number of nitrogens with zero attached hydrogens (tertiary/aromatic N) is 1. The number of benzene rings is 1. The number of hydrogen-bond acceptors (Lipinski definition) is 3. The van der Waals surface area contributed by atoms with Crippen molar-refractivity contribution in [2.75, 3.05) is 20.2 Å². The largest absolute Gasteiger partial charge is 0.493 e. The Kier molecular flexibility index (Phi) is 5.48. The van der Waals surface area contributed by atoms with Crippen molar-refractivity contribution in [1.82, 2.24) is 4.90 Å². The van der Waals surface area contributed by atoms with E-state index in [0.717, 1.165) is 19.3 Å². The molecule has 0 spiro atoms. The summed E-state index contributed by atoms with van der Waals surface area (Å²) in [6.45, 7) is 2.90. The second-order valence-corrected chi connectivity index (χ2v) is 6.02. The Morgan fingerprint density at radius 2 is 2.24 bits per heavy atom. The highest BCUT2D eigenvalue weighted by Gasteiger charge is 2.31. The second-order valence-electron chi connectivity index (χ2n) is 5.58. The molecule has 1 amide bonds. The van der Waals surface area contributed by atoms with Crippen molar-refractivity contribution in [3.63, 3.8) is 0 Å². The second kappa shape index (κ2) is 7.14. The molecule has 0 aliphatic heterocycles. The fourth-order valence-electron chi connectivity index (χ4n) is 2.21. The van der Waals surface area contributed by atoms with Crippen LogP contribution in [-0.2, 0) is 0 Å². The summed E-state index contributed by atoms with van der Waals surface area (Å²) in [5.74, 6) is 0.706. The maximum atomic E-state index is 12.5. The third-order valence-corrected chi connectivity index (χ3v) is 3.84. The van der Waals surface area contributed by atoms with E-state index in [1.54, 1.807) is 25.2 Å². The first kappa shape index (κ1) is 16.1. The van der Waals surface area contributed by atoms with Gasteiger partial charge in [0.2, 0.25) is 0 Å². The summed E-state index contributed by atoms with van der Waals surface area (Å²) in [6, 6.07) is 5.05. The summed E-state index contributed by atoms with van der Waals surface area (Å²) >= 11 is 5.99. The molecule has 1 aliphatic carbocycles. The zero-order valence-corrected chi connectivity index (χ0v) is 13.3. The van der Waals surface area contributed by atoms with Gasteiger partial charge in [-0.2, -0.15) is 0 Å². The standard InChI is InChI=1S/C16H22ClNO3/c1-3-8-21-15-7-6-12(17)9-13(15)16(20)18(2)10-14(19)11-4-5-11/h6-7,9,11,14,19H,3-5,8,10H2,1-2H3. The van der Waals surface area contributed by atoms with Crippen LogP contribution in [0.25, 0.3) is 0 Å². The third kappa shape index (κ3) is 4.35. The van der Waals surface area contributed by atoms with Crippen molar-refractivity contribution >= 4 is 17.5 Å². The van der Waals surface area contributed by atoms with Crippen LogP contribution in [0.2, 0.25) is 5.02 Å². The minimum absolute atomic E-state index is 0.177. The van der Waals surface area contributed by atoms with Gasteiger partial charge in [-0.3, -0.25) is 4.79 Å². The van der Waals surface area contributed by atoms with E-state index >= 15 is 0 Å². The Morgan fingerprint density at radius 3 is 2.86 bits per heavy atom. The zero-order valence-electron chi connectivity index (χ0n) is 12.5. The molecule has 21 heavy (non-hydrogen) atoms. The first-order chi connectivity index (χ1) is 10.0. The lowest BCUT2D eigenvalue weighted by atomic mass is 10.1. The summed E-state index contributed by atoms with van der Waals surface area (Å²) in [5.41, 5.74) is 0.446. The molecule has 1 unspecified atom stereocenters. The van der Waals surface area contributed by atoms with Gasteiger partial charge in [0.15, 0.2) is 0 Å². The van der Waals surface area contributed by atoms with E-state index in [2.05, 4.69) is 0 Å². The molecule has 5 heteroatoms. The Labute approximate surface area is 130 Å². The lowest BCUT2D eigenvalue weighted by Crippen LogP contribution is -2.35. The molecule has 1 fully saturated rings. The molecular weight excluding hydrogens is 290 g/mol. The molecule has 0 heterocycles. The van der Waals surface area contributed by atoms with E-state index in [4.69, 9.17) is 16.3 Å². The number of aliphatic hydroxyl groups excluding tert-OH is 1. The molecule has 1 aromatic rings. The summed E-state index contributed by atoms with van der Waals surface area (Å²) < 4.78 is 5.61. The number of carbonyl (C=O) groups is 1. The van der Waals surface area contributed by atoms with Crippen LogP contribution in [0.1, 0.15) is 36.5 Å². The number of hydrogen-bond donors (Lipinski definition) is 1. The van der Waals surface area contributed by atoms with Gasteiger partial charge in [0, 0.05) is 18.6 Å². The molecule has 1 aromatic carbocycles. The van der Waals surface area contributed by atoms with E-state index in [-0.39, 0.29) is 5.91 Å². The lowest BCUT2D eigenvalue weighted by molar-refractivity contribution is 0.0641. The summed E-state index contributed by atoms with van der Waals surface area (Å²) in [7, 11) is 1.69. The predicted octanol–water partition coefficient (Wildman–Crippen LogP) is 2.97. The normalized spacial score (nSPS) is 15.6. The average molecular weight is 312 g/mol. The van der Waals surface area contributed by atoms with Crippen LogP contribution >= 0.6 is 11.6 Å². The van der Waals surface area contributed by atoms with Crippen LogP contribution in [0.15, 0.2) is 18.2 Å². The first-order valence-electron chi connectivity index (χ1n) is 7.38. The molecule has 1 aliphatic rings. The van der Waals surface area contributed by atoms with Crippen molar-refractivity contribution in [3.05, 3.63) is 28.8 Å². The average Bonchev–Trinajstić information content (AvgIpc) is 3.29. The maximum absolute atomic E-state index is 12.5. The number of likely N-dealkylation sites (N-methyl/N-ethyl adjacent to an activating group) is 1. The van der Waals surface area contributed by atoms with Gasteiger partial charge in [-0.05, 0) is 43.4 Å². The first-order valence-corrected chi connectivity index (χ1v) is 7.76. The fraction of sp³-hybridized carbons (Fsp3) is 0.562. The topological polar surface area (TPSA) is 49.8 Å². The van der Waals surface area contributed by atoms with E-state index < -0.39 is 6.10 Å². The molecule has 2 rings (SSSR count). The third-order valence-electron chi connectivity index (χ3n) is 3.61. The van der Waals surface area contributed by atoms with Gasteiger partial charge >= 0.3 is 0 Å². The monoisotopic (exact) mass is 311 g/mol. The van der Waals surface area contributed by atoms with E-state index in [1.165, 1.54) is 4.90 Å². The summed E-state index contributed by atoms with van der Waals surface area (Å²) in [5, 5.41) is 10.5. The number of carbonyl (C=O) groups excluding carboxylic acids is 1. The van der Waals surface area contributed by atoms with E-state index in [1.807, 2.05) is 6.92 Å². The zero-order chi connectivity index (χ0) is 15.4. The number of amides is 1. The van der Waals surface area contributed by atoms with Gasteiger partial charge in [-0.1, -0.05) is 18.5 Å². The van der Waals surface area contributed by atoms with Gasteiger partial charge in [0.05, 0.1) is 18.3 Å². The molecule has 0 saturated heterocycles. The maximum Gasteiger partial charge on any atom is 0.257 e. The molecule has 1 N–H and O–H groups in total. The van der Waals surface area contributed by atoms with Crippen LogP contribution in [0.4, 0.5) is 0 Å². The smallest absolute Gasteiger partial charge is 0.257 e. The van der Waals surface area contributed by atoms with Gasteiger partial charge < -0.3 is 14.7 Å². The summed E-state index contributed by atoms with van der Waals surface area (Å²) in [6.07, 6.45) is 2.52. The quantitative estimate of drug-likeness (QED) is 0.842. The van der Waals surface area contributed by atoms with Gasteiger partial charge in [-0.25, -0.2) is 0 Å². The van der Waals surface area contributed by atoms with Crippen LogP contribution < -0.4 is 4.74 Å². The molecule has 0 aromatic heterocycles. The van der Waals surface area contributed by atoms with Crippen molar-refractivity contribution < 1.29 is 14.6 Å². The molecule has 0 radical (unpaired) electrons. The van der Waals surface area contributed by atoms with Gasteiger partial charge in [0.1, 0.15) is 5.75 Å². The molecule has 0 bridgehead atoms. The summed E-state index contributed by atoms with van der Waals surface area (Å²) in [4.78, 5) is 14.1. The SMILES string of the molecule is CCCOc1ccc(Cl)cc1C(=O)N(C)CC(O)C1CC1. The van der Waals surface area contributed by atoms with Crippen molar-refractivity contribution in [3.8, 4) is 5.75 Å². The highest BCUT2D eigenvalue weighted by molar-refractivity contribution is 6.31. The Morgan fingerprint density at radius 1 is 1.52 bits per heavy atom. The van der Waals surface area contributed by atoms with Crippen molar-refractivity contribution in [1.29, 1.82) is 0 Å². The van der Waals surface area contributed by atoms with Gasteiger partial charge in [0.25, 0.3) is 5.91 Å². The number of ether oxygens (including phenoxy) is 1. The number of aliphatic hydroxyl groups is 1. The lowest BCUT2D eigenvalue weighted by Gasteiger charge is -2.22. The van der Waals surface area contributed by atoms with Gasteiger partial charge in [-0.15, -0.1) is 0 Å². The van der Waals surface area contributed by atoms with E-state index in [0.29, 0.717) is 35.4 Å². The fourth-order valence-corrected chi connectivity index (χ4v) is 2.38. The Balaban J connectivity index is 2.10. The molecule has 1 saturated carbocycles. The molecule has 4 nitrogen and oxygen atoms in total. The Hall–Kier alpha value is -1.26. The van der Waals surface area contributed by atoms with Crippen LogP contribution in [0.5, 0.6) is 5.75 Å². The predicted molar refractivity (Wildman–Crippen MR) is 82.9 cm³/mol. The minimum Gasteiger partial charge on any atom is -0.493 e. The number of rotatable bonds is 7. The highest BCUT2D eigenvalue weighted by atomic mass is 35.5. The molecule has 116 valence electrons. The molecular formula is C16H22ClNO3. The number of halogens is 1. The van der Waals surface area contributed by atoms with Crippen LogP contribution in [0.3, 0.4) is 0 Å². The minimum atomic E-state index is -0.446. The Bertz CT molecular complexity index is 502. The van der Waals surface area contributed by atoms with Crippen LogP contribution in [-0.4, -0.2) is 42.2 Å². The van der Waals surface area contributed by atoms with Crippen molar-refractivity contribution in [2.24, 2.45) is 5.92 Å². The van der Waals surface area contributed by atoms with Crippen molar-refractivity contribution in [2.45, 2.75) is 32.3 Å².